The summed E-state index contributed by atoms with van der Waals surface area (Å²) in [4.78, 5) is 0. The Balaban J connectivity index is 1.67. The molecule has 0 unspecified atom stereocenters. The van der Waals surface area contributed by atoms with Crippen molar-refractivity contribution in [2.45, 2.75) is 17.5 Å². The van der Waals surface area contributed by atoms with E-state index in [0.29, 0.717) is 34.5 Å². The van der Waals surface area contributed by atoms with Gasteiger partial charge in [-0.1, -0.05) is 17.8 Å². The van der Waals surface area contributed by atoms with Crippen molar-refractivity contribution >= 4 is 27.7 Å². The third-order valence-corrected chi connectivity index (χ3v) is 3.87. The highest BCUT2D eigenvalue weighted by Gasteiger charge is 2.13. The molecule has 3 aromatic heterocycles. The second-order valence-electron chi connectivity index (χ2n) is 3.95. The fourth-order valence-electron chi connectivity index (χ4n) is 1.59. The second kappa shape index (κ2) is 6.27. The first-order valence-corrected chi connectivity index (χ1v) is 7.73. The summed E-state index contributed by atoms with van der Waals surface area (Å²) in [5.74, 6) is 1.88. The largest absolute Gasteiger partial charge is 0.444 e. The molecule has 3 rings (SSSR count). The summed E-state index contributed by atoms with van der Waals surface area (Å²) >= 11 is 4.70. The van der Waals surface area contributed by atoms with Crippen molar-refractivity contribution in [3.63, 3.8) is 0 Å². The molecule has 21 heavy (non-hydrogen) atoms. The second-order valence-corrected chi connectivity index (χ2v) is 5.67. The van der Waals surface area contributed by atoms with Crippen LogP contribution in [-0.4, -0.2) is 25.0 Å². The molecule has 0 atom stereocenters. The smallest absolute Gasteiger partial charge is 0.283 e. The monoisotopic (exact) mass is 367 g/mol. The van der Waals surface area contributed by atoms with Gasteiger partial charge in [0.2, 0.25) is 5.89 Å². The van der Waals surface area contributed by atoms with Crippen molar-refractivity contribution in [1.29, 1.82) is 0 Å². The fraction of sp³-hybridized carbons (Fsp3) is 0.167. The Kier molecular flexibility index (Phi) is 4.20. The van der Waals surface area contributed by atoms with E-state index in [4.69, 9.17) is 8.83 Å². The Morgan fingerprint density at radius 3 is 2.95 bits per heavy atom. The van der Waals surface area contributed by atoms with Crippen LogP contribution in [0.2, 0.25) is 0 Å². The van der Waals surface area contributed by atoms with Gasteiger partial charge < -0.3 is 13.4 Å². The highest BCUT2D eigenvalue weighted by Crippen LogP contribution is 2.26. The van der Waals surface area contributed by atoms with Crippen LogP contribution in [0.25, 0.3) is 11.7 Å². The van der Waals surface area contributed by atoms with Crippen molar-refractivity contribution in [1.82, 2.24) is 25.0 Å². The molecular weight excluding hydrogens is 358 g/mol. The maximum absolute atomic E-state index is 5.55. The lowest BCUT2D eigenvalue weighted by atomic mass is 10.5. The zero-order valence-electron chi connectivity index (χ0n) is 10.8. The minimum atomic E-state index is 0.351. The van der Waals surface area contributed by atoms with Gasteiger partial charge in [0.15, 0.2) is 15.6 Å². The van der Waals surface area contributed by atoms with E-state index in [1.165, 1.54) is 11.8 Å². The highest BCUT2D eigenvalue weighted by molar-refractivity contribution is 9.10. The molecule has 3 heterocycles. The van der Waals surface area contributed by atoms with E-state index < -0.39 is 0 Å². The Bertz CT molecular complexity index is 750. The molecule has 0 amide bonds. The predicted octanol–water partition coefficient (Wildman–Crippen LogP) is 3.16. The van der Waals surface area contributed by atoms with Crippen LogP contribution in [-0.2, 0) is 12.3 Å². The third-order valence-electron chi connectivity index (χ3n) is 2.48. The van der Waals surface area contributed by atoms with Crippen LogP contribution in [0.3, 0.4) is 0 Å². The average Bonchev–Trinajstić information content (AvgIpc) is 3.17. The van der Waals surface area contributed by atoms with E-state index in [1.807, 2.05) is 4.57 Å². The fourth-order valence-corrected chi connectivity index (χ4v) is 2.66. The molecular formula is C12H10BrN5O2S. The topological polar surface area (TPSA) is 82.8 Å². The molecule has 0 saturated carbocycles. The van der Waals surface area contributed by atoms with E-state index in [0.717, 1.165) is 5.16 Å². The standard InChI is InChI=1S/C12H10BrN5O2S/c1-2-5-18-7-14-17-12(18)21-6-10-15-16-11(20-10)8-3-4-9(13)19-8/h2-4,7H,1,5-6H2. The normalized spacial score (nSPS) is 10.9. The number of hydrogen-bond donors (Lipinski definition) is 0. The molecule has 0 fully saturated rings. The van der Waals surface area contributed by atoms with Gasteiger partial charge in [-0.3, -0.25) is 0 Å². The number of hydrogen-bond acceptors (Lipinski definition) is 7. The van der Waals surface area contributed by atoms with Crippen LogP contribution in [0, 0.1) is 0 Å². The zero-order chi connectivity index (χ0) is 14.7. The number of thioether (sulfide) groups is 1. The van der Waals surface area contributed by atoms with Gasteiger partial charge >= 0.3 is 0 Å². The van der Waals surface area contributed by atoms with Gasteiger partial charge in [-0.25, -0.2) is 0 Å². The van der Waals surface area contributed by atoms with Crippen LogP contribution in [0.1, 0.15) is 5.89 Å². The first-order valence-electron chi connectivity index (χ1n) is 5.96. The quantitative estimate of drug-likeness (QED) is 0.488. The number of halogens is 1. The van der Waals surface area contributed by atoms with Crippen LogP contribution in [0.4, 0.5) is 0 Å². The number of nitrogens with zero attached hydrogens (tertiary/aromatic N) is 5. The first-order chi connectivity index (χ1) is 10.3. The summed E-state index contributed by atoms with van der Waals surface area (Å²) in [6.07, 6.45) is 3.44. The van der Waals surface area contributed by atoms with Gasteiger partial charge in [-0.2, -0.15) is 0 Å². The third kappa shape index (κ3) is 3.24. The molecule has 0 bridgehead atoms. The zero-order valence-corrected chi connectivity index (χ0v) is 13.2. The van der Waals surface area contributed by atoms with Crippen LogP contribution in [0.5, 0.6) is 0 Å². The molecule has 0 saturated heterocycles. The highest BCUT2D eigenvalue weighted by atomic mass is 79.9. The molecule has 0 spiro atoms. The van der Waals surface area contributed by atoms with Crippen LogP contribution >= 0.6 is 27.7 Å². The van der Waals surface area contributed by atoms with Gasteiger partial charge in [0, 0.05) is 6.54 Å². The molecule has 108 valence electrons. The van der Waals surface area contributed by atoms with Crippen molar-refractivity contribution < 1.29 is 8.83 Å². The lowest BCUT2D eigenvalue weighted by molar-refractivity contribution is 0.486. The summed E-state index contributed by atoms with van der Waals surface area (Å²) in [5, 5.41) is 16.6. The molecule has 0 aromatic carbocycles. The summed E-state index contributed by atoms with van der Waals surface area (Å²) in [6.45, 7) is 4.35. The average molecular weight is 368 g/mol. The Labute approximate surface area is 132 Å². The number of aromatic nitrogens is 5. The van der Waals surface area contributed by atoms with Gasteiger partial charge in [-0.05, 0) is 28.1 Å². The molecule has 0 radical (unpaired) electrons. The Morgan fingerprint density at radius 1 is 1.29 bits per heavy atom. The van der Waals surface area contributed by atoms with Crippen LogP contribution < -0.4 is 0 Å². The molecule has 0 aliphatic rings. The van der Waals surface area contributed by atoms with E-state index in [1.54, 1.807) is 24.5 Å². The maximum Gasteiger partial charge on any atom is 0.283 e. The summed E-state index contributed by atoms with van der Waals surface area (Å²) in [5.41, 5.74) is 0. The van der Waals surface area contributed by atoms with Gasteiger partial charge in [0.05, 0.1) is 5.75 Å². The first kappa shape index (κ1) is 14.1. The lowest BCUT2D eigenvalue weighted by Crippen LogP contribution is -1.95. The minimum Gasteiger partial charge on any atom is -0.444 e. The van der Waals surface area contributed by atoms with E-state index >= 15 is 0 Å². The van der Waals surface area contributed by atoms with Gasteiger partial charge in [0.25, 0.3) is 5.89 Å². The Hall–Kier alpha value is -1.87. The number of furan rings is 1. The van der Waals surface area contributed by atoms with E-state index in [-0.39, 0.29) is 0 Å². The SMILES string of the molecule is C=CCn1cnnc1SCc1nnc(-c2ccc(Br)o2)o1. The molecule has 9 heteroatoms. The lowest BCUT2D eigenvalue weighted by Gasteiger charge is -2.00. The molecule has 3 aromatic rings. The van der Waals surface area contributed by atoms with Crippen molar-refractivity contribution in [2.24, 2.45) is 0 Å². The summed E-state index contributed by atoms with van der Waals surface area (Å²) in [7, 11) is 0. The molecule has 7 nitrogen and oxygen atoms in total. The summed E-state index contributed by atoms with van der Waals surface area (Å²) < 4.78 is 13.4. The van der Waals surface area contributed by atoms with Gasteiger partial charge in [0.1, 0.15) is 6.33 Å². The number of allylic oxidation sites excluding steroid dienone is 1. The van der Waals surface area contributed by atoms with Crippen molar-refractivity contribution in [3.05, 3.63) is 41.7 Å². The molecule has 0 N–H and O–H groups in total. The molecule has 0 aliphatic heterocycles. The number of rotatable bonds is 6. The van der Waals surface area contributed by atoms with E-state index in [2.05, 4.69) is 42.9 Å². The predicted molar refractivity (Wildman–Crippen MR) is 79.5 cm³/mol. The van der Waals surface area contributed by atoms with E-state index in [9.17, 15) is 0 Å². The minimum absolute atomic E-state index is 0.351. The molecule has 0 aliphatic carbocycles. The van der Waals surface area contributed by atoms with Crippen molar-refractivity contribution in [3.8, 4) is 11.7 Å². The van der Waals surface area contributed by atoms with Crippen LogP contribution in [0.15, 0.2) is 49.8 Å². The Morgan fingerprint density at radius 2 is 2.19 bits per heavy atom. The van der Waals surface area contributed by atoms with Gasteiger partial charge in [-0.15, -0.1) is 27.0 Å². The van der Waals surface area contributed by atoms with Crippen molar-refractivity contribution in [2.75, 3.05) is 0 Å². The maximum atomic E-state index is 5.55. The summed E-state index contributed by atoms with van der Waals surface area (Å²) in [6, 6.07) is 3.53.